The Morgan fingerprint density at radius 1 is 1.11 bits per heavy atom. The van der Waals surface area contributed by atoms with Crippen molar-refractivity contribution >= 4 is 34.7 Å². The average molecular weight is 298 g/mol. The molecule has 0 spiro atoms. The molecule has 1 fully saturated rings. The fourth-order valence-corrected chi connectivity index (χ4v) is 2.21. The van der Waals surface area contributed by atoms with Gasteiger partial charge in [0, 0.05) is 22.7 Å². The van der Waals surface area contributed by atoms with E-state index in [1.165, 1.54) is 12.1 Å². The van der Waals surface area contributed by atoms with Gasteiger partial charge in [-0.3, -0.25) is 0 Å². The number of hydrogen-bond acceptors (Lipinski definition) is 3. The number of halogens is 3. The number of aromatic nitrogens is 2. The molecular weight excluding hydrogens is 288 g/mol. The zero-order chi connectivity index (χ0) is 13.4. The van der Waals surface area contributed by atoms with Gasteiger partial charge in [0.1, 0.15) is 22.6 Å². The van der Waals surface area contributed by atoms with Gasteiger partial charge in [0.15, 0.2) is 0 Å². The minimum absolute atomic E-state index is 0.324. The predicted molar refractivity (Wildman–Crippen MR) is 73.7 cm³/mol. The van der Waals surface area contributed by atoms with Crippen LogP contribution in [0.1, 0.15) is 24.6 Å². The molecule has 1 aliphatic carbocycles. The van der Waals surface area contributed by atoms with Crippen LogP contribution in [0.15, 0.2) is 24.3 Å². The Labute approximate surface area is 119 Å². The fraction of sp³-hybridized carbons (Fsp3) is 0.231. The smallest absolute Gasteiger partial charge is 0.135 e. The van der Waals surface area contributed by atoms with Crippen LogP contribution < -0.4 is 5.32 Å². The third-order valence-electron chi connectivity index (χ3n) is 2.79. The number of rotatable bonds is 3. The van der Waals surface area contributed by atoms with Crippen molar-refractivity contribution in [3.63, 3.8) is 0 Å². The third kappa shape index (κ3) is 3.14. The molecule has 0 saturated heterocycles. The van der Waals surface area contributed by atoms with E-state index in [1.54, 1.807) is 12.1 Å². The van der Waals surface area contributed by atoms with Crippen LogP contribution in [0.2, 0.25) is 10.2 Å². The molecular formula is C13H10Cl2FN3. The number of nitrogens with zero attached hydrogens (tertiary/aromatic N) is 2. The lowest BCUT2D eigenvalue weighted by Gasteiger charge is -2.08. The van der Waals surface area contributed by atoms with E-state index in [9.17, 15) is 4.39 Å². The molecule has 0 aliphatic heterocycles. The zero-order valence-electron chi connectivity index (χ0n) is 9.83. The maximum Gasteiger partial charge on any atom is 0.135 e. The molecule has 1 heterocycles. The molecule has 1 aromatic carbocycles. The van der Waals surface area contributed by atoms with Crippen molar-refractivity contribution in [3.8, 4) is 0 Å². The predicted octanol–water partition coefficient (Wildman–Crippen LogP) is 4.54. The van der Waals surface area contributed by atoms with Crippen LogP contribution in [0.3, 0.4) is 0 Å². The van der Waals surface area contributed by atoms with Crippen LogP contribution in [0.5, 0.6) is 0 Å². The number of nitrogens with one attached hydrogen (secondary N) is 1. The fourth-order valence-electron chi connectivity index (χ4n) is 1.80. The lowest BCUT2D eigenvalue weighted by Crippen LogP contribution is -1.99. The Kier molecular flexibility index (Phi) is 3.29. The SMILES string of the molecule is Fc1cc(Cl)cc(Nc2cc(Cl)nc(C3CC3)n2)c1. The summed E-state index contributed by atoms with van der Waals surface area (Å²) in [5.74, 6) is 1.27. The summed E-state index contributed by atoms with van der Waals surface area (Å²) in [5, 5.41) is 3.69. The van der Waals surface area contributed by atoms with Crippen molar-refractivity contribution in [2.45, 2.75) is 18.8 Å². The van der Waals surface area contributed by atoms with Crippen LogP contribution in [-0.2, 0) is 0 Å². The highest BCUT2D eigenvalue weighted by Crippen LogP contribution is 2.39. The first-order chi connectivity index (χ1) is 9.10. The van der Waals surface area contributed by atoms with Crippen LogP contribution in [0.4, 0.5) is 15.9 Å². The molecule has 2 aromatic rings. The summed E-state index contributed by atoms with van der Waals surface area (Å²) in [5.41, 5.74) is 0.529. The Morgan fingerprint density at radius 3 is 2.58 bits per heavy atom. The summed E-state index contributed by atoms with van der Waals surface area (Å²) in [6.07, 6.45) is 2.18. The molecule has 1 N–H and O–H groups in total. The van der Waals surface area contributed by atoms with Gasteiger partial charge >= 0.3 is 0 Å². The number of hydrogen-bond donors (Lipinski definition) is 1. The average Bonchev–Trinajstić information content (AvgIpc) is 3.09. The first-order valence-corrected chi connectivity index (χ1v) is 6.63. The summed E-state index contributed by atoms with van der Waals surface area (Å²) in [6.45, 7) is 0. The minimum Gasteiger partial charge on any atom is -0.340 e. The molecule has 0 amide bonds. The lowest BCUT2D eigenvalue weighted by atomic mass is 10.3. The Morgan fingerprint density at radius 2 is 1.89 bits per heavy atom. The second kappa shape index (κ2) is 4.94. The highest BCUT2D eigenvalue weighted by atomic mass is 35.5. The van der Waals surface area contributed by atoms with Gasteiger partial charge in [-0.2, -0.15) is 0 Å². The highest BCUT2D eigenvalue weighted by Gasteiger charge is 2.27. The zero-order valence-corrected chi connectivity index (χ0v) is 11.3. The van der Waals surface area contributed by atoms with Gasteiger partial charge in [0.05, 0.1) is 0 Å². The van der Waals surface area contributed by atoms with Crippen LogP contribution in [0, 0.1) is 5.82 Å². The van der Waals surface area contributed by atoms with Crippen molar-refractivity contribution in [1.82, 2.24) is 9.97 Å². The largest absolute Gasteiger partial charge is 0.340 e. The summed E-state index contributed by atoms with van der Waals surface area (Å²) in [4.78, 5) is 8.56. The molecule has 19 heavy (non-hydrogen) atoms. The van der Waals surface area contributed by atoms with Crippen molar-refractivity contribution in [1.29, 1.82) is 0 Å². The lowest BCUT2D eigenvalue weighted by molar-refractivity contribution is 0.628. The molecule has 6 heteroatoms. The first kappa shape index (κ1) is 12.6. The Bertz CT molecular complexity index is 609. The van der Waals surface area contributed by atoms with Gasteiger partial charge in [-0.25, -0.2) is 14.4 Å². The number of benzene rings is 1. The molecule has 0 atom stereocenters. The van der Waals surface area contributed by atoms with E-state index in [0.29, 0.717) is 27.6 Å². The molecule has 0 bridgehead atoms. The summed E-state index contributed by atoms with van der Waals surface area (Å²) < 4.78 is 13.2. The van der Waals surface area contributed by atoms with Gasteiger partial charge in [0.2, 0.25) is 0 Å². The van der Waals surface area contributed by atoms with E-state index < -0.39 is 5.82 Å². The second-order valence-electron chi connectivity index (χ2n) is 4.49. The van der Waals surface area contributed by atoms with Crippen LogP contribution >= 0.6 is 23.2 Å². The topological polar surface area (TPSA) is 37.8 Å². The molecule has 3 rings (SSSR count). The van der Waals surface area contributed by atoms with Crippen molar-refractivity contribution in [2.24, 2.45) is 0 Å². The molecule has 1 aliphatic rings. The summed E-state index contributed by atoms with van der Waals surface area (Å²) >= 11 is 11.8. The molecule has 0 unspecified atom stereocenters. The normalized spacial score (nSPS) is 14.5. The van der Waals surface area contributed by atoms with E-state index in [2.05, 4.69) is 15.3 Å². The van der Waals surface area contributed by atoms with Gasteiger partial charge in [-0.1, -0.05) is 23.2 Å². The third-order valence-corrected chi connectivity index (χ3v) is 3.20. The van der Waals surface area contributed by atoms with E-state index >= 15 is 0 Å². The van der Waals surface area contributed by atoms with Gasteiger partial charge in [0.25, 0.3) is 0 Å². The van der Waals surface area contributed by atoms with E-state index in [-0.39, 0.29) is 0 Å². The van der Waals surface area contributed by atoms with E-state index in [0.717, 1.165) is 18.7 Å². The first-order valence-electron chi connectivity index (χ1n) is 5.88. The van der Waals surface area contributed by atoms with E-state index in [4.69, 9.17) is 23.2 Å². The summed E-state index contributed by atoms with van der Waals surface area (Å²) in [6, 6.07) is 5.82. The highest BCUT2D eigenvalue weighted by molar-refractivity contribution is 6.31. The molecule has 3 nitrogen and oxygen atoms in total. The van der Waals surface area contributed by atoms with Crippen LogP contribution in [-0.4, -0.2) is 9.97 Å². The van der Waals surface area contributed by atoms with Crippen LogP contribution in [0.25, 0.3) is 0 Å². The van der Waals surface area contributed by atoms with E-state index in [1.807, 2.05) is 0 Å². The minimum atomic E-state index is -0.405. The number of anilines is 2. The standard InChI is InChI=1S/C13H10Cl2FN3/c14-8-3-9(16)5-10(4-8)17-12-6-11(15)18-13(19-12)7-1-2-7/h3-7H,1-2H2,(H,17,18,19). The van der Waals surface area contributed by atoms with Gasteiger partial charge in [-0.15, -0.1) is 0 Å². The Balaban J connectivity index is 1.89. The van der Waals surface area contributed by atoms with Crippen molar-refractivity contribution < 1.29 is 4.39 Å². The Hall–Kier alpha value is -1.39. The molecule has 98 valence electrons. The molecule has 1 aromatic heterocycles. The van der Waals surface area contributed by atoms with Crippen molar-refractivity contribution in [2.75, 3.05) is 5.32 Å². The second-order valence-corrected chi connectivity index (χ2v) is 5.32. The van der Waals surface area contributed by atoms with Gasteiger partial charge in [-0.05, 0) is 31.0 Å². The summed E-state index contributed by atoms with van der Waals surface area (Å²) in [7, 11) is 0. The molecule has 1 saturated carbocycles. The maximum absolute atomic E-state index is 13.2. The van der Waals surface area contributed by atoms with Crippen molar-refractivity contribution in [3.05, 3.63) is 46.1 Å². The molecule has 0 radical (unpaired) electrons. The maximum atomic E-state index is 13.2. The monoisotopic (exact) mass is 297 g/mol. The quantitative estimate of drug-likeness (QED) is 0.845. The van der Waals surface area contributed by atoms with Gasteiger partial charge < -0.3 is 5.32 Å².